The van der Waals surface area contributed by atoms with Crippen molar-refractivity contribution in [3.05, 3.63) is 71.4 Å². The molecule has 0 bridgehead atoms. The molecule has 1 fully saturated rings. The van der Waals surface area contributed by atoms with Crippen LogP contribution in [0.25, 0.3) is 0 Å². The van der Waals surface area contributed by atoms with Crippen molar-refractivity contribution < 1.29 is 14.1 Å². The van der Waals surface area contributed by atoms with Crippen molar-refractivity contribution in [2.75, 3.05) is 6.54 Å². The van der Waals surface area contributed by atoms with Crippen molar-refractivity contribution in [3.63, 3.8) is 0 Å². The molecule has 2 aliphatic heterocycles. The maximum atomic E-state index is 13.7. The summed E-state index contributed by atoms with van der Waals surface area (Å²) >= 11 is 0. The number of hydrogen-bond donors (Lipinski definition) is 0. The lowest BCUT2D eigenvalue weighted by Crippen LogP contribution is -2.36. The van der Waals surface area contributed by atoms with Gasteiger partial charge in [0.15, 0.2) is 5.82 Å². The van der Waals surface area contributed by atoms with Crippen LogP contribution in [-0.4, -0.2) is 27.5 Å². The van der Waals surface area contributed by atoms with Crippen LogP contribution in [0.5, 0.6) is 11.5 Å². The van der Waals surface area contributed by atoms with E-state index in [0.717, 1.165) is 35.5 Å². The van der Waals surface area contributed by atoms with E-state index in [-0.39, 0.29) is 11.9 Å². The highest BCUT2D eigenvalue weighted by Gasteiger charge is 2.41. The number of carbonyl (C=O) groups excluding carboxylic acids is 1. The first-order chi connectivity index (χ1) is 13.2. The summed E-state index contributed by atoms with van der Waals surface area (Å²) in [6.07, 6.45) is 1.75. The zero-order chi connectivity index (χ0) is 18.4. The van der Waals surface area contributed by atoms with Crippen LogP contribution in [0.2, 0.25) is 0 Å². The molecule has 0 N–H and O–H groups in total. The standard InChI is InChI=1S/C21H19N3O3/c1-13-22-20(27-23-13)16-9-6-12-24(16)21(25)19-14-7-2-4-10-17(14)26-18-11-5-3-8-15(18)19/h2-5,7-8,10-11,16,19H,6,9,12H2,1H3. The molecule has 1 atom stereocenters. The number of ether oxygens (including phenoxy) is 1. The second kappa shape index (κ2) is 6.23. The van der Waals surface area contributed by atoms with E-state index in [9.17, 15) is 4.79 Å². The van der Waals surface area contributed by atoms with Gasteiger partial charge in [-0.25, -0.2) is 0 Å². The predicted octanol–water partition coefficient (Wildman–Crippen LogP) is 3.98. The van der Waals surface area contributed by atoms with E-state index in [0.29, 0.717) is 18.3 Å². The summed E-state index contributed by atoms with van der Waals surface area (Å²) < 4.78 is 11.4. The van der Waals surface area contributed by atoms with Crippen LogP contribution in [0.3, 0.4) is 0 Å². The van der Waals surface area contributed by atoms with E-state index in [1.807, 2.05) is 53.4 Å². The number of hydrogen-bond acceptors (Lipinski definition) is 5. The number of fused-ring (bicyclic) bond motifs is 2. The normalized spacial score (nSPS) is 18.7. The topological polar surface area (TPSA) is 68.5 Å². The lowest BCUT2D eigenvalue weighted by atomic mass is 9.86. The molecule has 0 spiro atoms. The molecular weight excluding hydrogens is 342 g/mol. The molecule has 6 nitrogen and oxygen atoms in total. The molecule has 0 aliphatic carbocycles. The van der Waals surface area contributed by atoms with Gasteiger partial charge < -0.3 is 14.2 Å². The van der Waals surface area contributed by atoms with Crippen molar-refractivity contribution in [1.82, 2.24) is 15.0 Å². The van der Waals surface area contributed by atoms with Gasteiger partial charge in [-0.2, -0.15) is 4.98 Å². The first-order valence-corrected chi connectivity index (χ1v) is 9.19. The van der Waals surface area contributed by atoms with Gasteiger partial charge in [0.05, 0.1) is 5.92 Å². The number of aromatic nitrogens is 2. The molecule has 2 aliphatic rings. The number of para-hydroxylation sites is 2. The van der Waals surface area contributed by atoms with E-state index in [2.05, 4.69) is 10.1 Å². The molecule has 136 valence electrons. The number of nitrogens with zero attached hydrogens (tertiary/aromatic N) is 3. The minimum absolute atomic E-state index is 0.0524. The Morgan fingerprint density at radius 3 is 2.37 bits per heavy atom. The zero-order valence-corrected chi connectivity index (χ0v) is 15.0. The zero-order valence-electron chi connectivity index (χ0n) is 15.0. The van der Waals surface area contributed by atoms with Gasteiger partial charge in [-0.1, -0.05) is 41.6 Å². The predicted molar refractivity (Wildman–Crippen MR) is 97.5 cm³/mol. The van der Waals surface area contributed by atoms with Crippen LogP contribution >= 0.6 is 0 Å². The molecular formula is C21H19N3O3. The van der Waals surface area contributed by atoms with Gasteiger partial charge in [0.1, 0.15) is 17.5 Å². The Labute approximate surface area is 156 Å². The lowest BCUT2D eigenvalue weighted by molar-refractivity contribution is -0.133. The van der Waals surface area contributed by atoms with E-state index in [4.69, 9.17) is 9.26 Å². The first-order valence-electron chi connectivity index (χ1n) is 9.19. The Morgan fingerprint density at radius 2 is 1.74 bits per heavy atom. The summed E-state index contributed by atoms with van der Waals surface area (Å²) in [6.45, 7) is 2.48. The smallest absolute Gasteiger partial charge is 0.249 e. The van der Waals surface area contributed by atoms with E-state index >= 15 is 0 Å². The highest BCUT2D eigenvalue weighted by atomic mass is 16.5. The summed E-state index contributed by atoms with van der Waals surface area (Å²) in [5.41, 5.74) is 1.79. The number of amides is 1. The molecule has 27 heavy (non-hydrogen) atoms. The molecule has 6 heteroatoms. The van der Waals surface area contributed by atoms with E-state index in [1.165, 1.54) is 0 Å². The van der Waals surface area contributed by atoms with Gasteiger partial charge in [0, 0.05) is 17.7 Å². The van der Waals surface area contributed by atoms with Crippen molar-refractivity contribution in [3.8, 4) is 11.5 Å². The lowest BCUT2D eigenvalue weighted by Gasteiger charge is -2.32. The van der Waals surface area contributed by atoms with E-state index < -0.39 is 5.92 Å². The van der Waals surface area contributed by atoms with Crippen LogP contribution in [-0.2, 0) is 4.79 Å². The SMILES string of the molecule is Cc1noc(C2CCCN2C(=O)C2c3ccccc3Oc3ccccc32)n1. The second-order valence-corrected chi connectivity index (χ2v) is 6.98. The molecule has 2 aromatic carbocycles. The van der Waals surface area contributed by atoms with Crippen molar-refractivity contribution >= 4 is 5.91 Å². The molecule has 0 saturated carbocycles. The molecule has 1 unspecified atom stereocenters. The third-order valence-corrected chi connectivity index (χ3v) is 5.29. The Balaban J connectivity index is 1.57. The van der Waals surface area contributed by atoms with Gasteiger partial charge in [-0.3, -0.25) is 4.79 Å². The average Bonchev–Trinajstić information content (AvgIpc) is 3.34. The van der Waals surface area contributed by atoms with Crippen LogP contribution in [0, 0.1) is 6.92 Å². The molecule has 1 aromatic heterocycles. The van der Waals surface area contributed by atoms with Crippen LogP contribution in [0.4, 0.5) is 0 Å². The van der Waals surface area contributed by atoms with Gasteiger partial charge in [0.2, 0.25) is 11.8 Å². The largest absolute Gasteiger partial charge is 0.457 e. The number of rotatable bonds is 2. The quantitative estimate of drug-likeness (QED) is 0.691. The Bertz CT molecular complexity index is 968. The molecule has 0 radical (unpaired) electrons. The summed E-state index contributed by atoms with van der Waals surface area (Å²) in [7, 11) is 0. The summed E-state index contributed by atoms with van der Waals surface area (Å²) in [5.74, 6) is 2.24. The monoisotopic (exact) mass is 361 g/mol. The molecule has 3 heterocycles. The highest BCUT2D eigenvalue weighted by Crippen LogP contribution is 2.46. The number of likely N-dealkylation sites (tertiary alicyclic amines) is 1. The van der Waals surface area contributed by atoms with Gasteiger partial charge in [0.25, 0.3) is 0 Å². The number of benzene rings is 2. The fourth-order valence-electron chi connectivity index (χ4n) is 4.08. The third-order valence-electron chi connectivity index (χ3n) is 5.29. The van der Waals surface area contributed by atoms with Crippen molar-refractivity contribution in [2.24, 2.45) is 0 Å². The fourth-order valence-corrected chi connectivity index (χ4v) is 4.08. The van der Waals surface area contributed by atoms with Crippen molar-refractivity contribution in [1.29, 1.82) is 0 Å². The second-order valence-electron chi connectivity index (χ2n) is 6.98. The van der Waals surface area contributed by atoms with Gasteiger partial charge in [-0.15, -0.1) is 0 Å². The average molecular weight is 361 g/mol. The molecule has 5 rings (SSSR count). The summed E-state index contributed by atoms with van der Waals surface area (Å²) in [4.78, 5) is 19.9. The number of aryl methyl sites for hydroxylation is 1. The van der Waals surface area contributed by atoms with Crippen LogP contribution in [0.1, 0.15) is 47.6 Å². The summed E-state index contributed by atoms with van der Waals surface area (Å²) in [6, 6.07) is 15.3. The van der Waals surface area contributed by atoms with Crippen LogP contribution in [0.15, 0.2) is 53.1 Å². The minimum Gasteiger partial charge on any atom is -0.457 e. The Kier molecular flexibility index (Phi) is 3.70. The maximum absolute atomic E-state index is 13.7. The molecule has 3 aromatic rings. The maximum Gasteiger partial charge on any atom is 0.249 e. The van der Waals surface area contributed by atoms with E-state index in [1.54, 1.807) is 6.92 Å². The Hall–Kier alpha value is -3.15. The number of carbonyl (C=O) groups is 1. The third kappa shape index (κ3) is 2.60. The fraction of sp³-hybridized carbons (Fsp3) is 0.286. The highest BCUT2D eigenvalue weighted by molar-refractivity contribution is 5.90. The Morgan fingerprint density at radius 1 is 1.07 bits per heavy atom. The van der Waals surface area contributed by atoms with Gasteiger partial charge >= 0.3 is 0 Å². The minimum atomic E-state index is -0.393. The molecule has 1 saturated heterocycles. The van der Waals surface area contributed by atoms with Crippen molar-refractivity contribution in [2.45, 2.75) is 31.7 Å². The van der Waals surface area contributed by atoms with Crippen LogP contribution < -0.4 is 4.74 Å². The first kappa shape index (κ1) is 16.1. The molecule has 1 amide bonds. The van der Waals surface area contributed by atoms with Gasteiger partial charge in [-0.05, 0) is 31.9 Å². The summed E-state index contributed by atoms with van der Waals surface area (Å²) in [5, 5.41) is 3.90.